The number of nitrogens with one attached hydrogen (secondary N) is 1. The lowest BCUT2D eigenvalue weighted by Crippen LogP contribution is -2.14. The average molecular weight is 262 g/mol. The van der Waals surface area contributed by atoms with Gasteiger partial charge in [-0.25, -0.2) is 14.1 Å². The smallest absolute Gasteiger partial charge is 0.224 e. The van der Waals surface area contributed by atoms with Crippen LogP contribution < -0.4 is 5.32 Å². The highest BCUT2D eigenvalue weighted by Crippen LogP contribution is 2.17. The van der Waals surface area contributed by atoms with Gasteiger partial charge >= 0.3 is 0 Å². The van der Waals surface area contributed by atoms with Crippen molar-refractivity contribution >= 4 is 11.6 Å². The normalized spacial score (nSPS) is 10.7. The van der Waals surface area contributed by atoms with E-state index in [0.717, 1.165) is 0 Å². The number of hydrogen-bond donors (Lipinski definition) is 1. The first-order valence-corrected chi connectivity index (χ1v) is 6.00. The number of carbonyl (C=O) groups excluding carboxylic acids is 1. The van der Waals surface area contributed by atoms with E-state index in [1.54, 1.807) is 12.1 Å². The molecule has 6 heteroatoms. The van der Waals surface area contributed by atoms with Crippen LogP contribution in [-0.2, 0) is 4.79 Å². The van der Waals surface area contributed by atoms with Crippen molar-refractivity contribution in [1.29, 1.82) is 0 Å². The molecule has 1 aromatic heterocycles. The Balaban J connectivity index is 2.13. The summed E-state index contributed by atoms with van der Waals surface area (Å²) < 4.78 is 15.2. The lowest BCUT2D eigenvalue weighted by atomic mass is 10.1. The van der Waals surface area contributed by atoms with Crippen molar-refractivity contribution in [2.45, 2.75) is 20.3 Å². The maximum absolute atomic E-state index is 13.9. The second-order valence-corrected chi connectivity index (χ2v) is 4.65. The van der Waals surface area contributed by atoms with Gasteiger partial charge in [-0.3, -0.25) is 4.79 Å². The van der Waals surface area contributed by atoms with Crippen LogP contribution >= 0.6 is 0 Å². The number of halogens is 1. The van der Waals surface area contributed by atoms with Crippen molar-refractivity contribution in [3.05, 3.63) is 36.7 Å². The van der Waals surface area contributed by atoms with Gasteiger partial charge in [-0.1, -0.05) is 13.8 Å². The number of rotatable bonds is 4. The Bertz CT molecular complexity index is 566. The molecule has 2 rings (SSSR count). The van der Waals surface area contributed by atoms with E-state index in [9.17, 15) is 9.18 Å². The maximum Gasteiger partial charge on any atom is 0.224 e. The second kappa shape index (κ2) is 5.60. The van der Waals surface area contributed by atoms with E-state index in [4.69, 9.17) is 0 Å². The third-order valence-corrected chi connectivity index (χ3v) is 2.49. The van der Waals surface area contributed by atoms with Crippen LogP contribution in [-0.4, -0.2) is 20.7 Å². The van der Waals surface area contributed by atoms with Crippen LogP contribution in [0.4, 0.5) is 10.1 Å². The molecule has 1 heterocycles. The van der Waals surface area contributed by atoms with Crippen LogP contribution in [0.2, 0.25) is 0 Å². The monoisotopic (exact) mass is 262 g/mol. The van der Waals surface area contributed by atoms with Gasteiger partial charge < -0.3 is 5.32 Å². The van der Waals surface area contributed by atoms with Crippen LogP contribution in [0.1, 0.15) is 20.3 Å². The zero-order chi connectivity index (χ0) is 13.8. The Morgan fingerprint density at radius 3 is 2.84 bits per heavy atom. The second-order valence-electron chi connectivity index (χ2n) is 4.65. The number of nitrogens with zero attached hydrogens (tertiary/aromatic N) is 3. The summed E-state index contributed by atoms with van der Waals surface area (Å²) in [6.07, 6.45) is 3.15. The quantitative estimate of drug-likeness (QED) is 0.920. The Hall–Kier alpha value is -2.24. The molecule has 0 spiro atoms. The lowest BCUT2D eigenvalue weighted by molar-refractivity contribution is -0.116. The predicted molar refractivity (Wildman–Crippen MR) is 69.4 cm³/mol. The van der Waals surface area contributed by atoms with Gasteiger partial charge in [0.25, 0.3) is 0 Å². The van der Waals surface area contributed by atoms with E-state index in [0.29, 0.717) is 17.8 Å². The van der Waals surface area contributed by atoms with Crippen LogP contribution in [0.25, 0.3) is 5.69 Å². The first-order valence-electron chi connectivity index (χ1n) is 6.00. The molecule has 19 heavy (non-hydrogen) atoms. The van der Waals surface area contributed by atoms with Crippen molar-refractivity contribution < 1.29 is 9.18 Å². The lowest BCUT2D eigenvalue weighted by Gasteiger charge is -2.09. The zero-order valence-corrected chi connectivity index (χ0v) is 10.8. The molecule has 2 aromatic rings. The molecule has 0 saturated heterocycles. The summed E-state index contributed by atoms with van der Waals surface area (Å²) in [5.74, 6) is -0.324. The van der Waals surface area contributed by atoms with Gasteiger partial charge in [0.1, 0.15) is 18.3 Å². The highest BCUT2D eigenvalue weighted by molar-refractivity contribution is 5.90. The summed E-state index contributed by atoms with van der Waals surface area (Å²) >= 11 is 0. The standard InChI is InChI=1S/C13H15FN4O/c1-9(2)5-13(19)17-10-3-4-12(11(14)6-10)18-8-15-7-16-18/h3-4,6-9H,5H2,1-2H3,(H,17,19). The minimum Gasteiger partial charge on any atom is -0.326 e. The summed E-state index contributed by atoms with van der Waals surface area (Å²) in [6, 6.07) is 4.46. The number of anilines is 1. The van der Waals surface area contributed by atoms with Crippen LogP contribution in [0, 0.1) is 11.7 Å². The Morgan fingerprint density at radius 1 is 1.47 bits per heavy atom. The average Bonchev–Trinajstić information content (AvgIpc) is 2.81. The van der Waals surface area contributed by atoms with E-state index in [1.807, 2.05) is 13.8 Å². The fourth-order valence-electron chi connectivity index (χ4n) is 1.69. The number of amides is 1. The van der Waals surface area contributed by atoms with Gasteiger partial charge in [-0.15, -0.1) is 0 Å². The van der Waals surface area contributed by atoms with Crippen molar-refractivity contribution in [3.63, 3.8) is 0 Å². The van der Waals surface area contributed by atoms with Gasteiger partial charge in [0.15, 0.2) is 5.82 Å². The molecular formula is C13H15FN4O. The summed E-state index contributed by atoms with van der Waals surface area (Å²) in [5.41, 5.74) is 0.728. The van der Waals surface area contributed by atoms with E-state index in [2.05, 4.69) is 15.4 Å². The summed E-state index contributed by atoms with van der Waals surface area (Å²) in [4.78, 5) is 15.3. The van der Waals surface area contributed by atoms with Crippen LogP contribution in [0.15, 0.2) is 30.9 Å². The SMILES string of the molecule is CC(C)CC(=O)Nc1ccc(-n2cncn2)c(F)c1. The molecule has 1 aromatic carbocycles. The van der Waals surface area contributed by atoms with Gasteiger partial charge in [0.2, 0.25) is 5.91 Å². The van der Waals surface area contributed by atoms with E-state index in [-0.39, 0.29) is 11.8 Å². The maximum atomic E-state index is 13.9. The van der Waals surface area contributed by atoms with E-state index in [1.165, 1.54) is 23.4 Å². The largest absolute Gasteiger partial charge is 0.326 e. The van der Waals surface area contributed by atoms with Crippen LogP contribution in [0.3, 0.4) is 0 Å². The third-order valence-electron chi connectivity index (χ3n) is 2.49. The van der Waals surface area contributed by atoms with Crippen molar-refractivity contribution in [1.82, 2.24) is 14.8 Å². The molecule has 0 radical (unpaired) electrons. The molecule has 0 aliphatic carbocycles. The van der Waals surface area contributed by atoms with E-state index < -0.39 is 5.82 Å². The molecule has 100 valence electrons. The number of carbonyl (C=O) groups is 1. The topological polar surface area (TPSA) is 59.8 Å². The van der Waals surface area contributed by atoms with Crippen LogP contribution in [0.5, 0.6) is 0 Å². The summed E-state index contributed by atoms with van der Waals surface area (Å²) in [5, 5.41) is 6.52. The molecular weight excluding hydrogens is 247 g/mol. The van der Waals surface area contributed by atoms with Crippen molar-refractivity contribution in [2.24, 2.45) is 5.92 Å². The summed E-state index contributed by atoms with van der Waals surface area (Å²) in [6.45, 7) is 3.90. The molecule has 0 fully saturated rings. The van der Waals surface area contributed by atoms with Crippen molar-refractivity contribution in [2.75, 3.05) is 5.32 Å². The molecule has 0 aliphatic rings. The minimum atomic E-state index is -0.465. The van der Waals surface area contributed by atoms with Gasteiger partial charge in [-0.2, -0.15) is 5.10 Å². The highest BCUT2D eigenvalue weighted by atomic mass is 19.1. The third kappa shape index (κ3) is 3.37. The van der Waals surface area contributed by atoms with Gasteiger partial charge in [0.05, 0.1) is 0 Å². The zero-order valence-electron chi connectivity index (χ0n) is 10.8. The fraction of sp³-hybridized carbons (Fsp3) is 0.308. The summed E-state index contributed by atoms with van der Waals surface area (Å²) in [7, 11) is 0. The molecule has 0 aliphatic heterocycles. The van der Waals surface area contributed by atoms with E-state index >= 15 is 0 Å². The minimum absolute atomic E-state index is 0.122. The Morgan fingerprint density at radius 2 is 2.26 bits per heavy atom. The number of hydrogen-bond acceptors (Lipinski definition) is 3. The first kappa shape index (κ1) is 13.2. The van der Waals surface area contributed by atoms with Crippen molar-refractivity contribution in [3.8, 4) is 5.69 Å². The number of benzene rings is 1. The highest BCUT2D eigenvalue weighted by Gasteiger charge is 2.09. The molecule has 0 unspecified atom stereocenters. The number of aromatic nitrogens is 3. The molecule has 0 bridgehead atoms. The molecule has 1 amide bonds. The Labute approximate surface area is 110 Å². The fourth-order valence-corrected chi connectivity index (χ4v) is 1.69. The van der Waals surface area contributed by atoms with Gasteiger partial charge in [-0.05, 0) is 24.1 Å². The molecule has 5 nitrogen and oxygen atoms in total. The predicted octanol–water partition coefficient (Wildman–Crippen LogP) is 2.39. The molecule has 0 atom stereocenters. The Kier molecular flexibility index (Phi) is 3.89. The van der Waals surface area contributed by atoms with Gasteiger partial charge in [0, 0.05) is 12.1 Å². The first-order chi connectivity index (χ1) is 9.06. The molecule has 0 saturated carbocycles. The molecule has 1 N–H and O–H groups in total.